The van der Waals surface area contributed by atoms with Crippen LogP contribution in [0.4, 0.5) is 0 Å². The standard InChI is InChI=1S/C16H24N2O2S/c1-12(2)3-8-20-9-7-18-14(13-4-10-21-11-13)17-16(5-6-16)15(18)19/h4,10-12,14,17H,3,5-9H2,1-2H3. The summed E-state index contributed by atoms with van der Waals surface area (Å²) < 4.78 is 5.69. The van der Waals surface area contributed by atoms with Crippen LogP contribution in [0.3, 0.4) is 0 Å². The van der Waals surface area contributed by atoms with Gasteiger partial charge in [0.15, 0.2) is 0 Å². The Morgan fingerprint density at radius 2 is 2.29 bits per heavy atom. The Balaban J connectivity index is 1.57. The summed E-state index contributed by atoms with van der Waals surface area (Å²) in [7, 11) is 0. The van der Waals surface area contributed by atoms with Gasteiger partial charge in [0, 0.05) is 13.2 Å². The van der Waals surface area contributed by atoms with E-state index in [0.717, 1.165) is 25.9 Å². The fraction of sp³-hybridized carbons (Fsp3) is 0.688. The van der Waals surface area contributed by atoms with Gasteiger partial charge < -0.3 is 9.64 Å². The normalized spacial score (nSPS) is 23.5. The molecule has 1 unspecified atom stereocenters. The molecular weight excluding hydrogens is 284 g/mol. The topological polar surface area (TPSA) is 41.6 Å². The van der Waals surface area contributed by atoms with Crippen LogP contribution >= 0.6 is 11.3 Å². The number of nitrogens with zero attached hydrogens (tertiary/aromatic N) is 1. The average Bonchev–Trinajstić information content (AvgIpc) is 2.93. The Bertz CT molecular complexity index is 482. The number of hydrogen-bond acceptors (Lipinski definition) is 4. The highest BCUT2D eigenvalue weighted by Crippen LogP contribution is 2.45. The van der Waals surface area contributed by atoms with E-state index in [1.807, 2.05) is 4.90 Å². The summed E-state index contributed by atoms with van der Waals surface area (Å²) >= 11 is 1.68. The summed E-state index contributed by atoms with van der Waals surface area (Å²) in [4.78, 5) is 14.5. The van der Waals surface area contributed by atoms with Crippen molar-refractivity contribution in [2.45, 2.75) is 44.8 Å². The fourth-order valence-electron chi connectivity index (χ4n) is 2.79. The molecule has 5 heteroatoms. The van der Waals surface area contributed by atoms with Crippen molar-refractivity contribution in [1.29, 1.82) is 0 Å². The highest BCUT2D eigenvalue weighted by molar-refractivity contribution is 7.07. The molecule has 1 aliphatic heterocycles. The molecule has 1 aromatic rings. The van der Waals surface area contributed by atoms with Crippen molar-refractivity contribution in [1.82, 2.24) is 10.2 Å². The lowest BCUT2D eigenvalue weighted by molar-refractivity contribution is -0.131. The zero-order valence-corrected chi connectivity index (χ0v) is 13.6. The zero-order chi connectivity index (χ0) is 14.9. The number of carbonyl (C=O) groups excluding carboxylic acids is 1. The number of thiophene rings is 1. The molecule has 1 spiro atoms. The largest absolute Gasteiger partial charge is 0.380 e. The van der Waals surface area contributed by atoms with Gasteiger partial charge in [0.25, 0.3) is 0 Å². The second-order valence-electron chi connectivity index (χ2n) is 6.48. The molecule has 2 aliphatic rings. The molecule has 0 aromatic carbocycles. The number of hydrogen-bond donors (Lipinski definition) is 1. The van der Waals surface area contributed by atoms with Crippen molar-refractivity contribution in [2.24, 2.45) is 5.92 Å². The van der Waals surface area contributed by atoms with E-state index in [9.17, 15) is 4.79 Å². The first kappa shape index (κ1) is 15.0. The quantitative estimate of drug-likeness (QED) is 0.788. The molecule has 2 fully saturated rings. The Morgan fingerprint density at radius 3 is 2.90 bits per heavy atom. The van der Waals surface area contributed by atoms with Crippen molar-refractivity contribution in [3.8, 4) is 0 Å². The monoisotopic (exact) mass is 308 g/mol. The van der Waals surface area contributed by atoms with E-state index in [2.05, 4.69) is 36.0 Å². The van der Waals surface area contributed by atoms with Crippen LogP contribution < -0.4 is 5.32 Å². The molecule has 21 heavy (non-hydrogen) atoms. The highest BCUT2D eigenvalue weighted by Gasteiger charge is 2.59. The van der Waals surface area contributed by atoms with Crippen LogP contribution in [-0.2, 0) is 9.53 Å². The molecule has 1 N–H and O–H groups in total. The third kappa shape index (κ3) is 3.15. The van der Waals surface area contributed by atoms with E-state index in [1.54, 1.807) is 11.3 Å². The van der Waals surface area contributed by atoms with Gasteiger partial charge in [0.05, 0.1) is 6.61 Å². The first-order valence-corrected chi connectivity index (χ1v) is 8.75. The molecule has 0 radical (unpaired) electrons. The van der Waals surface area contributed by atoms with Gasteiger partial charge in [-0.15, -0.1) is 0 Å². The van der Waals surface area contributed by atoms with Gasteiger partial charge in [0.1, 0.15) is 11.7 Å². The molecule has 1 saturated carbocycles. The summed E-state index contributed by atoms with van der Waals surface area (Å²) in [6.07, 6.45) is 3.04. The fourth-order valence-corrected chi connectivity index (χ4v) is 3.46. The van der Waals surface area contributed by atoms with Crippen molar-refractivity contribution in [3.05, 3.63) is 22.4 Å². The second kappa shape index (κ2) is 6.07. The molecule has 1 amide bonds. The van der Waals surface area contributed by atoms with E-state index in [1.165, 1.54) is 5.56 Å². The predicted molar refractivity (Wildman–Crippen MR) is 84.1 cm³/mol. The summed E-state index contributed by atoms with van der Waals surface area (Å²) in [6.45, 7) is 6.46. The van der Waals surface area contributed by atoms with Crippen LogP contribution in [0.1, 0.15) is 44.8 Å². The minimum atomic E-state index is -0.259. The number of ether oxygens (including phenoxy) is 1. The summed E-state index contributed by atoms with van der Waals surface area (Å²) in [5, 5.41) is 7.72. The minimum Gasteiger partial charge on any atom is -0.380 e. The number of carbonyl (C=O) groups is 1. The van der Waals surface area contributed by atoms with Crippen LogP contribution in [0.15, 0.2) is 16.8 Å². The molecule has 0 bridgehead atoms. The maximum atomic E-state index is 12.6. The first-order chi connectivity index (χ1) is 10.1. The molecule has 1 atom stereocenters. The predicted octanol–water partition coefficient (Wildman–Crippen LogP) is 2.77. The van der Waals surface area contributed by atoms with Gasteiger partial charge in [-0.2, -0.15) is 11.3 Å². The zero-order valence-electron chi connectivity index (χ0n) is 12.8. The third-order valence-electron chi connectivity index (χ3n) is 4.32. The molecule has 1 aromatic heterocycles. The van der Waals surface area contributed by atoms with Gasteiger partial charge >= 0.3 is 0 Å². The van der Waals surface area contributed by atoms with Crippen molar-refractivity contribution < 1.29 is 9.53 Å². The lowest BCUT2D eigenvalue weighted by Gasteiger charge is -2.23. The molecular formula is C16H24N2O2S. The Labute approximate surface area is 130 Å². The molecule has 116 valence electrons. The van der Waals surface area contributed by atoms with Crippen LogP contribution in [0.2, 0.25) is 0 Å². The lowest BCUT2D eigenvalue weighted by Crippen LogP contribution is -2.34. The maximum Gasteiger partial charge on any atom is 0.244 e. The highest BCUT2D eigenvalue weighted by atomic mass is 32.1. The van der Waals surface area contributed by atoms with E-state index in [-0.39, 0.29) is 17.6 Å². The van der Waals surface area contributed by atoms with Crippen LogP contribution in [0.25, 0.3) is 0 Å². The number of rotatable bonds is 7. The van der Waals surface area contributed by atoms with E-state index in [4.69, 9.17) is 4.74 Å². The molecule has 1 saturated heterocycles. The van der Waals surface area contributed by atoms with Gasteiger partial charge in [-0.1, -0.05) is 13.8 Å². The van der Waals surface area contributed by atoms with Gasteiger partial charge in [-0.25, -0.2) is 0 Å². The van der Waals surface area contributed by atoms with E-state index >= 15 is 0 Å². The smallest absolute Gasteiger partial charge is 0.244 e. The third-order valence-corrected chi connectivity index (χ3v) is 5.02. The Morgan fingerprint density at radius 1 is 1.48 bits per heavy atom. The van der Waals surface area contributed by atoms with Crippen LogP contribution in [0.5, 0.6) is 0 Å². The Kier molecular flexibility index (Phi) is 4.33. The average molecular weight is 308 g/mol. The number of amides is 1. The maximum absolute atomic E-state index is 12.6. The van der Waals surface area contributed by atoms with Crippen molar-refractivity contribution in [2.75, 3.05) is 19.8 Å². The van der Waals surface area contributed by atoms with E-state index in [0.29, 0.717) is 19.1 Å². The lowest BCUT2D eigenvalue weighted by atomic mass is 10.1. The van der Waals surface area contributed by atoms with Crippen molar-refractivity contribution in [3.63, 3.8) is 0 Å². The van der Waals surface area contributed by atoms with Crippen LogP contribution in [-0.4, -0.2) is 36.1 Å². The molecule has 3 rings (SSSR count). The summed E-state index contributed by atoms with van der Waals surface area (Å²) in [5.74, 6) is 0.916. The first-order valence-electron chi connectivity index (χ1n) is 7.81. The molecule has 2 heterocycles. The van der Waals surface area contributed by atoms with Gasteiger partial charge in [-0.3, -0.25) is 10.1 Å². The summed E-state index contributed by atoms with van der Waals surface area (Å²) in [5.41, 5.74) is 0.934. The van der Waals surface area contributed by atoms with Crippen LogP contribution in [0, 0.1) is 5.92 Å². The second-order valence-corrected chi connectivity index (χ2v) is 7.26. The van der Waals surface area contributed by atoms with Gasteiger partial charge in [0.2, 0.25) is 5.91 Å². The number of nitrogens with one attached hydrogen (secondary N) is 1. The van der Waals surface area contributed by atoms with Crippen molar-refractivity contribution >= 4 is 17.2 Å². The van der Waals surface area contributed by atoms with Gasteiger partial charge in [-0.05, 0) is 47.6 Å². The molecule has 4 nitrogen and oxygen atoms in total. The SMILES string of the molecule is CC(C)CCOCCN1C(=O)C2(CC2)NC1c1ccsc1. The Hall–Kier alpha value is -0.910. The minimum absolute atomic E-state index is 0.0277. The van der Waals surface area contributed by atoms with E-state index < -0.39 is 0 Å². The molecule has 1 aliphatic carbocycles. The summed E-state index contributed by atoms with van der Waals surface area (Å²) in [6, 6.07) is 2.10.